The molecule has 3 atom stereocenters. The van der Waals surface area contributed by atoms with Crippen molar-refractivity contribution in [3.05, 3.63) is 35.9 Å². The molecule has 2 N–H and O–H groups in total. The van der Waals surface area contributed by atoms with E-state index in [1.165, 1.54) is 31.2 Å². The minimum atomic E-state index is 0.226. The molecule has 1 aliphatic heterocycles. The van der Waals surface area contributed by atoms with E-state index in [1.54, 1.807) is 0 Å². The molecule has 1 aromatic carbocycles. The van der Waals surface area contributed by atoms with E-state index >= 15 is 0 Å². The first kappa shape index (κ1) is 14.5. The Morgan fingerprint density at radius 1 is 1.19 bits per heavy atom. The number of nitrogens with one attached hydrogen (secondary N) is 2. The van der Waals surface area contributed by atoms with Crippen molar-refractivity contribution in [2.75, 3.05) is 7.05 Å². The van der Waals surface area contributed by atoms with Gasteiger partial charge in [-0.05, 0) is 24.3 Å². The molecule has 1 saturated carbocycles. The molecule has 1 saturated heterocycles. The van der Waals surface area contributed by atoms with Crippen LogP contribution in [0.3, 0.4) is 0 Å². The highest BCUT2D eigenvalue weighted by Gasteiger charge is 2.38. The van der Waals surface area contributed by atoms with Gasteiger partial charge in [0.25, 0.3) is 0 Å². The predicted molar refractivity (Wildman–Crippen MR) is 83.3 cm³/mol. The summed E-state index contributed by atoms with van der Waals surface area (Å²) in [6.45, 7) is 0.688. The fraction of sp³-hybridized carbons (Fsp3) is 0.588. The number of carbonyl (C=O) groups excluding carboxylic acids is 1. The van der Waals surface area contributed by atoms with Crippen LogP contribution in [0.25, 0.3) is 0 Å². The lowest BCUT2D eigenvalue weighted by Crippen LogP contribution is -2.37. The van der Waals surface area contributed by atoms with Gasteiger partial charge in [-0.3, -0.25) is 15.6 Å². The molecule has 4 nitrogen and oxygen atoms in total. The number of amides is 1. The molecular weight excluding hydrogens is 262 g/mol. The summed E-state index contributed by atoms with van der Waals surface area (Å²) in [6, 6.07) is 11.0. The standard InChI is InChI=1S/C17H25N3O/c1-20(12-13-7-3-2-4-8-13)17(21)11-16-14-9-5-6-10-15(14)18-19-16/h2-4,7-8,14-16,18-19H,5-6,9-12H2,1H3. The van der Waals surface area contributed by atoms with Gasteiger partial charge in [-0.15, -0.1) is 0 Å². The third-order valence-corrected chi connectivity index (χ3v) is 4.87. The van der Waals surface area contributed by atoms with E-state index in [0.29, 0.717) is 31.0 Å². The van der Waals surface area contributed by atoms with Crippen LogP contribution in [0.5, 0.6) is 0 Å². The van der Waals surface area contributed by atoms with Gasteiger partial charge in [-0.25, -0.2) is 0 Å². The third-order valence-electron chi connectivity index (χ3n) is 4.87. The highest BCUT2D eigenvalue weighted by atomic mass is 16.2. The average Bonchev–Trinajstić information content (AvgIpc) is 2.91. The van der Waals surface area contributed by atoms with Crippen molar-refractivity contribution < 1.29 is 4.79 Å². The second-order valence-corrected chi connectivity index (χ2v) is 6.39. The zero-order chi connectivity index (χ0) is 14.7. The van der Waals surface area contributed by atoms with Gasteiger partial charge in [0.15, 0.2) is 0 Å². The Labute approximate surface area is 126 Å². The molecular formula is C17H25N3O. The van der Waals surface area contributed by atoms with Crippen LogP contribution in [0.2, 0.25) is 0 Å². The van der Waals surface area contributed by atoms with E-state index in [0.717, 1.165) is 0 Å². The third kappa shape index (κ3) is 3.44. The van der Waals surface area contributed by atoms with Crippen LogP contribution in [-0.4, -0.2) is 29.9 Å². The lowest BCUT2D eigenvalue weighted by molar-refractivity contribution is -0.131. The van der Waals surface area contributed by atoms with E-state index < -0.39 is 0 Å². The first-order valence-corrected chi connectivity index (χ1v) is 8.03. The summed E-state index contributed by atoms with van der Waals surface area (Å²) in [5.74, 6) is 0.845. The normalized spacial score (nSPS) is 28.1. The van der Waals surface area contributed by atoms with Crippen molar-refractivity contribution in [3.63, 3.8) is 0 Å². The van der Waals surface area contributed by atoms with Crippen molar-refractivity contribution in [1.29, 1.82) is 0 Å². The molecule has 0 aromatic heterocycles. The van der Waals surface area contributed by atoms with Crippen molar-refractivity contribution in [3.8, 4) is 0 Å². The average molecular weight is 287 g/mol. The second-order valence-electron chi connectivity index (χ2n) is 6.39. The molecule has 0 radical (unpaired) electrons. The maximum Gasteiger partial charge on any atom is 0.224 e. The molecule has 2 fully saturated rings. The minimum absolute atomic E-state index is 0.226. The summed E-state index contributed by atoms with van der Waals surface area (Å²) in [4.78, 5) is 14.3. The minimum Gasteiger partial charge on any atom is -0.341 e. The number of hydrogen-bond donors (Lipinski definition) is 2. The van der Waals surface area contributed by atoms with Gasteiger partial charge in [0, 0.05) is 32.1 Å². The molecule has 21 heavy (non-hydrogen) atoms. The Balaban J connectivity index is 1.53. The van der Waals surface area contributed by atoms with Crippen molar-refractivity contribution in [1.82, 2.24) is 15.8 Å². The fourth-order valence-corrected chi connectivity index (χ4v) is 3.63. The number of fused-ring (bicyclic) bond motifs is 1. The molecule has 2 aliphatic rings. The van der Waals surface area contributed by atoms with Crippen LogP contribution in [0, 0.1) is 5.92 Å². The lowest BCUT2D eigenvalue weighted by atomic mass is 9.81. The smallest absolute Gasteiger partial charge is 0.224 e. The Morgan fingerprint density at radius 3 is 2.76 bits per heavy atom. The maximum atomic E-state index is 12.4. The number of nitrogens with zero attached hydrogens (tertiary/aromatic N) is 1. The Morgan fingerprint density at radius 2 is 1.95 bits per heavy atom. The summed E-state index contributed by atoms with van der Waals surface area (Å²) in [5.41, 5.74) is 7.91. The van der Waals surface area contributed by atoms with Gasteiger partial charge >= 0.3 is 0 Å². The largest absolute Gasteiger partial charge is 0.341 e. The number of hydrazine groups is 1. The Kier molecular flexibility index (Phi) is 4.56. The molecule has 1 amide bonds. The zero-order valence-corrected chi connectivity index (χ0v) is 12.7. The van der Waals surface area contributed by atoms with Gasteiger partial charge in [0.1, 0.15) is 0 Å². The van der Waals surface area contributed by atoms with Crippen molar-refractivity contribution in [2.24, 2.45) is 5.92 Å². The maximum absolute atomic E-state index is 12.4. The van der Waals surface area contributed by atoms with Crippen LogP contribution in [0.1, 0.15) is 37.7 Å². The van der Waals surface area contributed by atoms with E-state index in [2.05, 4.69) is 23.0 Å². The topological polar surface area (TPSA) is 44.4 Å². The lowest BCUT2D eigenvalue weighted by Gasteiger charge is -2.28. The Bertz CT molecular complexity index is 476. The van der Waals surface area contributed by atoms with E-state index in [4.69, 9.17) is 0 Å². The first-order valence-electron chi connectivity index (χ1n) is 8.03. The van der Waals surface area contributed by atoms with Crippen LogP contribution in [-0.2, 0) is 11.3 Å². The molecule has 114 valence electrons. The molecule has 1 aliphatic carbocycles. The number of hydrogen-bond acceptors (Lipinski definition) is 3. The summed E-state index contributed by atoms with van der Waals surface area (Å²) < 4.78 is 0. The monoisotopic (exact) mass is 287 g/mol. The Hall–Kier alpha value is -1.39. The van der Waals surface area contributed by atoms with Crippen LogP contribution in [0.4, 0.5) is 0 Å². The molecule has 0 spiro atoms. The second kappa shape index (κ2) is 6.58. The van der Waals surface area contributed by atoms with Crippen LogP contribution >= 0.6 is 0 Å². The number of carbonyl (C=O) groups is 1. The van der Waals surface area contributed by atoms with Gasteiger partial charge in [0.2, 0.25) is 5.91 Å². The zero-order valence-electron chi connectivity index (χ0n) is 12.7. The van der Waals surface area contributed by atoms with Crippen LogP contribution in [0.15, 0.2) is 30.3 Å². The molecule has 1 heterocycles. The fourth-order valence-electron chi connectivity index (χ4n) is 3.63. The number of benzene rings is 1. The van der Waals surface area contributed by atoms with Gasteiger partial charge < -0.3 is 4.90 Å². The summed E-state index contributed by atoms with van der Waals surface area (Å²) in [7, 11) is 1.90. The highest BCUT2D eigenvalue weighted by molar-refractivity contribution is 5.76. The SMILES string of the molecule is CN(Cc1ccccc1)C(=O)CC1NNC2CCCCC21. The molecule has 3 rings (SSSR count). The van der Waals surface area contributed by atoms with Gasteiger partial charge in [0.05, 0.1) is 0 Å². The van der Waals surface area contributed by atoms with Gasteiger partial charge in [-0.1, -0.05) is 43.2 Å². The van der Waals surface area contributed by atoms with Crippen molar-refractivity contribution >= 4 is 5.91 Å². The summed E-state index contributed by atoms with van der Waals surface area (Å²) >= 11 is 0. The molecule has 4 heteroatoms. The quantitative estimate of drug-likeness (QED) is 0.891. The summed E-state index contributed by atoms with van der Waals surface area (Å²) in [6.07, 6.45) is 5.68. The molecule has 0 bridgehead atoms. The van der Waals surface area contributed by atoms with E-state index in [-0.39, 0.29) is 5.91 Å². The van der Waals surface area contributed by atoms with Crippen molar-refractivity contribution in [2.45, 2.75) is 50.7 Å². The summed E-state index contributed by atoms with van der Waals surface area (Å²) in [5, 5.41) is 0. The first-order chi connectivity index (χ1) is 10.2. The van der Waals surface area contributed by atoms with E-state index in [1.807, 2.05) is 30.1 Å². The number of rotatable bonds is 4. The van der Waals surface area contributed by atoms with Gasteiger partial charge in [-0.2, -0.15) is 0 Å². The van der Waals surface area contributed by atoms with E-state index in [9.17, 15) is 4.79 Å². The molecule has 1 aromatic rings. The molecule has 3 unspecified atom stereocenters. The highest BCUT2D eigenvalue weighted by Crippen LogP contribution is 2.31. The predicted octanol–water partition coefficient (Wildman–Crippen LogP) is 2.07. The van der Waals surface area contributed by atoms with Crippen LogP contribution < -0.4 is 10.9 Å².